The maximum absolute atomic E-state index is 12.0. The first-order chi connectivity index (χ1) is 9.11. The van der Waals surface area contributed by atoms with Crippen molar-refractivity contribution < 1.29 is 23.9 Å². The third-order valence-electron chi connectivity index (χ3n) is 2.39. The zero-order chi connectivity index (χ0) is 14.3. The Morgan fingerprint density at radius 3 is 2.11 bits per heavy atom. The number of ketones is 1. The van der Waals surface area contributed by atoms with Crippen molar-refractivity contribution in [2.45, 2.75) is 19.8 Å². The molecule has 0 fully saturated rings. The lowest BCUT2D eigenvalue weighted by atomic mass is 9.95. The normalized spacial score (nSPS) is 11.5. The van der Waals surface area contributed by atoms with Crippen LogP contribution in [-0.2, 0) is 23.9 Å². The fourth-order valence-corrected chi connectivity index (χ4v) is 1.59. The van der Waals surface area contributed by atoms with Gasteiger partial charge in [-0.3, -0.25) is 9.59 Å². The van der Waals surface area contributed by atoms with Crippen molar-refractivity contribution in [2.75, 3.05) is 13.2 Å². The van der Waals surface area contributed by atoms with Gasteiger partial charge in [-0.2, -0.15) is 0 Å². The predicted octanol–water partition coefficient (Wildman–Crippen LogP) is 1.47. The second-order valence-electron chi connectivity index (χ2n) is 3.68. The van der Waals surface area contributed by atoms with Crippen LogP contribution in [0.1, 0.15) is 25.3 Å². The lowest BCUT2D eigenvalue weighted by molar-refractivity contribution is -0.159. The highest BCUT2D eigenvalue weighted by Gasteiger charge is 2.35. The Morgan fingerprint density at radius 2 is 1.58 bits per heavy atom. The van der Waals surface area contributed by atoms with Crippen molar-refractivity contribution in [3.8, 4) is 0 Å². The summed E-state index contributed by atoms with van der Waals surface area (Å²) in [5.41, 5.74) is 0.416. The zero-order valence-electron chi connectivity index (χ0n) is 10.9. The average Bonchev–Trinajstić information content (AvgIpc) is 2.40. The van der Waals surface area contributed by atoms with Gasteiger partial charge in [-0.05, 0) is 19.4 Å². The number of hydrogen-bond donors (Lipinski definition) is 0. The Hall–Kier alpha value is -2.17. The van der Waals surface area contributed by atoms with Crippen LogP contribution in [0.5, 0.6) is 0 Å². The minimum Gasteiger partial charge on any atom is -0.465 e. The predicted molar refractivity (Wildman–Crippen MR) is 67.5 cm³/mol. The summed E-state index contributed by atoms with van der Waals surface area (Å²) < 4.78 is 9.48. The number of esters is 2. The molecule has 102 valence electrons. The van der Waals surface area contributed by atoms with Gasteiger partial charge in [0, 0.05) is 0 Å². The van der Waals surface area contributed by atoms with Crippen LogP contribution in [0.25, 0.3) is 0 Å². The van der Waals surface area contributed by atoms with E-state index in [1.807, 2.05) is 0 Å². The minimum absolute atomic E-state index is 0.0783. The van der Waals surface area contributed by atoms with E-state index in [9.17, 15) is 14.4 Å². The zero-order valence-corrected chi connectivity index (χ0v) is 10.9. The van der Waals surface area contributed by atoms with Crippen molar-refractivity contribution in [3.05, 3.63) is 35.9 Å². The molecule has 0 aliphatic carbocycles. The van der Waals surface area contributed by atoms with E-state index in [1.165, 1.54) is 0 Å². The van der Waals surface area contributed by atoms with E-state index in [0.29, 0.717) is 5.56 Å². The average molecular weight is 264 g/mol. The van der Waals surface area contributed by atoms with E-state index < -0.39 is 23.6 Å². The fourth-order valence-electron chi connectivity index (χ4n) is 1.59. The summed E-state index contributed by atoms with van der Waals surface area (Å²) in [6.45, 7) is 3.44. The van der Waals surface area contributed by atoms with E-state index >= 15 is 0 Å². The topological polar surface area (TPSA) is 69.7 Å². The third-order valence-corrected chi connectivity index (χ3v) is 2.39. The molecule has 1 aromatic carbocycles. The van der Waals surface area contributed by atoms with Gasteiger partial charge in [-0.1, -0.05) is 30.3 Å². The summed E-state index contributed by atoms with van der Waals surface area (Å²) in [5.74, 6) is -3.94. The highest BCUT2D eigenvalue weighted by Crippen LogP contribution is 2.19. The lowest BCUT2D eigenvalue weighted by Gasteiger charge is -2.13. The van der Waals surface area contributed by atoms with E-state index in [0.717, 1.165) is 0 Å². The number of carbonyl (C=O) groups is 3. The summed E-state index contributed by atoms with van der Waals surface area (Å²) in [4.78, 5) is 35.3. The molecule has 0 spiro atoms. The lowest BCUT2D eigenvalue weighted by Crippen LogP contribution is -2.31. The summed E-state index contributed by atoms with van der Waals surface area (Å²) in [6.07, 6.45) is 0. The van der Waals surface area contributed by atoms with Gasteiger partial charge >= 0.3 is 11.9 Å². The Balaban J connectivity index is 3.03. The van der Waals surface area contributed by atoms with Crippen LogP contribution in [0.2, 0.25) is 0 Å². The quantitative estimate of drug-likeness (QED) is 0.442. The molecule has 0 radical (unpaired) electrons. The summed E-state index contributed by atoms with van der Waals surface area (Å²) in [7, 11) is 0. The standard InChI is InChI=1S/C14H16O5/c1-3-18-13(16)11(10-8-6-5-7-9-10)12(15)14(17)19-4-2/h5-9,11H,3-4H2,1-2H3. The van der Waals surface area contributed by atoms with Crippen molar-refractivity contribution in [3.63, 3.8) is 0 Å². The van der Waals surface area contributed by atoms with Crippen molar-refractivity contribution in [1.82, 2.24) is 0 Å². The maximum Gasteiger partial charge on any atom is 0.375 e. The minimum atomic E-state index is -1.26. The molecule has 0 aliphatic heterocycles. The molecule has 0 heterocycles. The smallest absolute Gasteiger partial charge is 0.375 e. The second-order valence-corrected chi connectivity index (χ2v) is 3.68. The van der Waals surface area contributed by atoms with Crippen LogP contribution in [-0.4, -0.2) is 30.9 Å². The van der Waals surface area contributed by atoms with Gasteiger partial charge in [0.1, 0.15) is 0 Å². The first-order valence-electron chi connectivity index (χ1n) is 6.04. The van der Waals surface area contributed by atoms with Gasteiger partial charge in [0.25, 0.3) is 5.78 Å². The molecular formula is C14H16O5. The Labute approximate surface area is 111 Å². The number of ether oxygens (including phenoxy) is 2. The number of hydrogen-bond acceptors (Lipinski definition) is 5. The molecule has 5 nitrogen and oxygen atoms in total. The number of benzene rings is 1. The second kappa shape index (κ2) is 7.31. The third kappa shape index (κ3) is 3.91. The Bertz CT molecular complexity index is 452. The Kier molecular flexibility index (Phi) is 5.73. The van der Waals surface area contributed by atoms with E-state index in [4.69, 9.17) is 4.74 Å². The molecule has 1 aromatic rings. The first kappa shape index (κ1) is 14.9. The van der Waals surface area contributed by atoms with Crippen LogP contribution in [0.3, 0.4) is 0 Å². The van der Waals surface area contributed by atoms with Crippen LogP contribution in [0.15, 0.2) is 30.3 Å². The van der Waals surface area contributed by atoms with Gasteiger partial charge < -0.3 is 9.47 Å². The van der Waals surface area contributed by atoms with Crippen LogP contribution in [0.4, 0.5) is 0 Å². The molecule has 1 rings (SSSR count). The van der Waals surface area contributed by atoms with Gasteiger partial charge in [0.15, 0.2) is 5.92 Å². The van der Waals surface area contributed by atoms with Crippen LogP contribution in [0, 0.1) is 0 Å². The molecule has 1 unspecified atom stereocenters. The van der Waals surface area contributed by atoms with E-state index in [-0.39, 0.29) is 13.2 Å². The van der Waals surface area contributed by atoms with Crippen LogP contribution < -0.4 is 0 Å². The van der Waals surface area contributed by atoms with Crippen LogP contribution >= 0.6 is 0 Å². The van der Waals surface area contributed by atoms with Gasteiger partial charge in [0.2, 0.25) is 0 Å². The highest BCUT2D eigenvalue weighted by atomic mass is 16.5. The van der Waals surface area contributed by atoms with E-state index in [2.05, 4.69) is 4.74 Å². The van der Waals surface area contributed by atoms with E-state index in [1.54, 1.807) is 44.2 Å². The first-order valence-corrected chi connectivity index (χ1v) is 6.04. The summed E-state index contributed by atoms with van der Waals surface area (Å²) >= 11 is 0. The molecule has 5 heteroatoms. The highest BCUT2D eigenvalue weighted by molar-refractivity contribution is 6.39. The van der Waals surface area contributed by atoms with Crippen molar-refractivity contribution in [1.29, 1.82) is 0 Å². The Morgan fingerprint density at radius 1 is 1.00 bits per heavy atom. The molecule has 0 N–H and O–H groups in total. The van der Waals surface area contributed by atoms with Gasteiger partial charge in [-0.15, -0.1) is 0 Å². The molecular weight excluding hydrogens is 248 g/mol. The molecule has 0 aromatic heterocycles. The maximum atomic E-state index is 12.0. The SMILES string of the molecule is CCOC(=O)C(=O)C(C(=O)OCC)c1ccccc1. The molecule has 0 amide bonds. The largest absolute Gasteiger partial charge is 0.465 e. The number of rotatable bonds is 6. The molecule has 0 aliphatic rings. The monoisotopic (exact) mass is 264 g/mol. The van der Waals surface area contributed by atoms with Gasteiger partial charge in [-0.25, -0.2) is 4.79 Å². The van der Waals surface area contributed by atoms with Gasteiger partial charge in [0.05, 0.1) is 13.2 Å². The molecule has 1 atom stereocenters. The number of carbonyl (C=O) groups excluding carboxylic acids is 3. The molecule has 19 heavy (non-hydrogen) atoms. The molecule has 0 saturated heterocycles. The summed E-state index contributed by atoms with van der Waals surface area (Å²) in [6, 6.07) is 8.30. The fraction of sp³-hybridized carbons (Fsp3) is 0.357. The number of Topliss-reactive ketones (excluding diaryl/α,β-unsaturated/α-hetero) is 1. The molecule has 0 bridgehead atoms. The van der Waals surface area contributed by atoms with Crippen molar-refractivity contribution in [2.24, 2.45) is 0 Å². The van der Waals surface area contributed by atoms with Crippen molar-refractivity contribution >= 4 is 17.7 Å². The molecule has 0 saturated carbocycles. The summed E-state index contributed by atoms with van der Waals surface area (Å²) in [5, 5.41) is 0.